The van der Waals surface area contributed by atoms with E-state index in [-0.39, 0.29) is 0 Å². The molecule has 1 heterocycles. The van der Waals surface area contributed by atoms with E-state index < -0.39 is 0 Å². The van der Waals surface area contributed by atoms with Gasteiger partial charge in [-0.05, 0) is 32.7 Å². The molecule has 2 N–H and O–H groups in total. The van der Waals surface area contributed by atoms with Crippen LogP contribution >= 0.6 is 0 Å². The van der Waals surface area contributed by atoms with Crippen molar-refractivity contribution in [2.24, 2.45) is 5.73 Å². The van der Waals surface area contributed by atoms with Crippen LogP contribution in [0.1, 0.15) is 44.9 Å². The topological polar surface area (TPSA) is 32.5 Å². The van der Waals surface area contributed by atoms with Crippen molar-refractivity contribution in [3.8, 4) is 0 Å². The summed E-state index contributed by atoms with van der Waals surface area (Å²) in [5.41, 5.74) is 4.50. The first kappa shape index (κ1) is 13.3. The van der Waals surface area contributed by atoms with Crippen LogP contribution in [-0.4, -0.2) is 55.1 Å². The smallest absolute Gasteiger partial charge is 0.0113 e. The third-order valence-electron chi connectivity index (χ3n) is 4.50. The van der Waals surface area contributed by atoms with Gasteiger partial charge in [0.1, 0.15) is 0 Å². The van der Waals surface area contributed by atoms with Gasteiger partial charge in [-0.3, -0.25) is 9.80 Å². The molecule has 2 aliphatic carbocycles. The standard InChI is InChI=1S/C13H24N2.CH5N/c1-2-4-12(5-3-1)14-8-10-15(11-9-14)13-6-7-13;1-2/h12-13H,1-11H2;2H2,1H3. The number of nitrogens with two attached hydrogens (primary N) is 1. The lowest BCUT2D eigenvalue weighted by Crippen LogP contribution is -2.51. The van der Waals surface area contributed by atoms with Crippen LogP contribution < -0.4 is 5.73 Å². The molecule has 0 radical (unpaired) electrons. The fourth-order valence-electron chi connectivity index (χ4n) is 3.35. The van der Waals surface area contributed by atoms with Gasteiger partial charge in [0, 0.05) is 38.3 Å². The fourth-order valence-corrected chi connectivity index (χ4v) is 3.35. The summed E-state index contributed by atoms with van der Waals surface area (Å²) in [7, 11) is 1.50. The SMILES string of the molecule is C1CCC(N2CCN(C3CC3)CC2)CC1.CN. The molecular weight excluding hydrogens is 210 g/mol. The van der Waals surface area contributed by atoms with Crippen LogP contribution in [0.5, 0.6) is 0 Å². The average Bonchev–Trinajstić information content (AvgIpc) is 3.27. The first-order valence-electron chi connectivity index (χ1n) is 7.49. The molecule has 3 heteroatoms. The van der Waals surface area contributed by atoms with E-state index in [0.29, 0.717) is 0 Å². The summed E-state index contributed by atoms with van der Waals surface area (Å²) in [6.07, 6.45) is 10.3. The Bertz CT molecular complexity index is 202. The van der Waals surface area contributed by atoms with Crippen LogP contribution in [0.3, 0.4) is 0 Å². The van der Waals surface area contributed by atoms with Gasteiger partial charge in [-0.25, -0.2) is 0 Å². The lowest BCUT2D eigenvalue weighted by molar-refractivity contribution is 0.0752. The van der Waals surface area contributed by atoms with Crippen molar-refractivity contribution in [3.63, 3.8) is 0 Å². The van der Waals surface area contributed by atoms with Gasteiger partial charge in [0.05, 0.1) is 0 Å². The van der Waals surface area contributed by atoms with Crippen LogP contribution in [0.4, 0.5) is 0 Å². The van der Waals surface area contributed by atoms with Crippen LogP contribution in [-0.2, 0) is 0 Å². The van der Waals surface area contributed by atoms with Gasteiger partial charge in [0.25, 0.3) is 0 Å². The molecule has 2 saturated carbocycles. The minimum atomic E-state index is 0.945. The van der Waals surface area contributed by atoms with E-state index in [1.165, 1.54) is 78.2 Å². The Hall–Kier alpha value is -0.120. The van der Waals surface area contributed by atoms with Gasteiger partial charge in [-0.15, -0.1) is 0 Å². The second kappa shape index (κ2) is 6.72. The molecule has 0 aromatic carbocycles. The highest BCUT2D eigenvalue weighted by Gasteiger charge is 2.32. The molecular formula is C14H29N3. The zero-order valence-electron chi connectivity index (χ0n) is 11.4. The Labute approximate surface area is 106 Å². The summed E-state index contributed by atoms with van der Waals surface area (Å²) >= 11 is 0. The maximum Gasteiger partial charge on any atom is 0.0113 e. The van der Waals surface area contributed by atoms with Gasteiger partial charge in [0.2, 0.25) is 0 Å². The summed E-state index contributed by atoms with van der Waals surface area (Å²) in [4.78, 5) is 5.50. The zero-order valence-corrected chi connectivity index (χ0v) is 11.4. The zero-order chi connectivity index (χ0) is 12.1. The predicted octanol–water partition coefficient (Wildman–Crippen LogP) is 1.67. The fraction of sp³-hybridized carbons (Fsp3) is 1.00. The minimum Gasteiger partial charge on any atom is -0.333 e. The molecule has 3 nitrogen and oxygen atoms in total. The van der Waals surface area contributed by atoms with E-state index >= 15 is 0 Å². The van der Waals surface area contributed by atoms with Crippen LogP contribution in [0.2, 0.25) is 0 Å². The van der Waals surface area contributed by atoms with Crippen LogP contribution in [0.25, 0.3) is 0 Å². The van der Waals surface area contributed by atoms with Gasteiger partial charge in [-0.2, -0.15) is 0 Å². The predicted molar refractivity (Wildman–Crippen MR) is 73.2 cm³/mol. The summed E-state index contributed by atoms with van der Waals surface area (Å²) in [6.45, 7) is 5.39. The Balaban J connectivity index is 0.000000514. The third kappa shape index (κ3) is 3.67. The number of hydrogen-bond acceptors (Lipinski definition) is 3. The molecule has 0 aromatic rings. The monoisotopic (exact) mass is 239 g/mol. The second-order valence-corrected chi connectivity index (χ2v) is 5.59. The van der Waals surface area contributed by atoms with E-state index in [2.05, 4.69) is 15.5 Å². The first-order chi connectivity index (χ1) is 8.43. The van der Waals surface area contributed by atoms with Crippen molar-refractivity contribution in [3.05, 3.63) is 0 Å². The number of nitrogens with zero attached hydrogens (tertiary/aromatic N) is 2. The van der Waals surface area contributed by atoms with Crippen molar-refractivity contribution in [2.45, 2.75) is 57.0 Å². The normalized spacial score (nSPS) is 28.6. The molecule has 0 amide bonds. The molecule has 0 spiro atoms. The largest absolute Gasteiger partial charge is 0.333 e. The summed E-state index contributed by atoms with van der Waals surface area (Å²) in [5.74, 6) is 0. The third-order valence-corrected chi connectivity index (χ3v) is 4.50. The average molecular weight is 239 g/mol. The Kier molecular flexibility index (Phi) is 5.26. The van der Waals surface area contributed by atoms with Gasteiger partial charge in [-0.1, -0.05) is 19.3 Å². The highest BCUT2D eigenvalue weighted by atomic mass is 15.3. The van der Waals surface area contributed by atoms with Crippen molar-refractivity contribution < 1.29 is 0 Å². The van der Waals surface area contributed by atoms with Crippen molar-refractivity contribution in [1.29, 1.82) is 0 Å². The Morgan fingerprint density at radius 2 is 1.06 bits per heavy atom. The molecule has 0 atom stereocenters. The first-order valence-corrected chi connectivity index (χ1v) is 7.49. The van der Waals surface area contributed by atoms with Gasteiger partial charge >= 0.3 is 0 Å². The molecule has 100 valence electrons. The Morgan fingerprint density at radius 3 is 1.47 bits per heavy atom. The maximum atomic E-state index is 4.50. The summed E-state index contributed by atoms with van der Waals surface area (Å²) in [5, 5.41) is 0. The molecule has 1 saturated heterocycles. The highest BCUT2D eigenvalue weighted by Crippen LogP contribution is 2.29. The molecule has 1 aliphatic heterocycles. The highest BCUT2D eigenvalue weighted by molar-refractivity contribution is 4.89. The van der Waals surface area contributed by atoms with Crippen molar-refractivity contribution in [1.82, 2.24) is 9.80 Å². The maximum absolute atomic E-state index is 4.50. The molecule has 0 aromatic heterocycles. The van der Waals surface area contributed by atoms with E-state index in [4.69, 9.17) is 0 Å². The molecule has 3 fully saturated rings. The molecule has 3 rings (SSSR count). The number of hydrogen-bond donors (Lipinski definition) is 1. The molecule has 0 unspecified atom stereocenters. The molecule has 0 bridgehead atoms. The lowest BCUT2D eigenvalue weighted by Gasteiger charge is -2.40. The molecule has 17 heavy (non-hydrogen) atoms. The van der Waals surface area contributed by atoms with E-state index in [1.54, 1.807) is 0 Å². The van der Waals surface area contributed by atoms with E-state index in [9.17, 15) is 0 Å². The molecule has 3 aliphatic rings. The van der Waals surface area contributed by atoms with Gasteiger partial charge in [0.15, 0.2) is 0 Å². The quantitative estimate of drug-likeness (QED) is 0.796. The number of piperazine rings is 1. The van der Waals surface area contributed by atoms with E-state index in [0.717, 1.165) is 12.1 Å². The Morgan fingerprint density at radius 1 is 0.647 bits per heavy atom. The van der Waals surface area contributed by atoms with Crippen LogP contribution in [0, 0.1) is 0 Å². The summed E-state index contributed by atoms with van der Waals surface area (Å²) in [6, 6.07) is 1.93. The summed E-state index contributed by atoms with van der Waals surface area (Å²) < 4.78 is 0. The van der Waals surface area contributed by atoms with Crippen molar-refractivity contribution in [2.75, 3.05) is 33.2 Å². The van der Waals surface area contributed by atoms with E-state index in [1.807, 2.05) is 0 Å². The lowest BCUT2D eigenvalue weighted by atomic mass is 9.94. The van der Waals surface area contributed by atoms with Crippen molar-refractivity contribution >= 4 is 0 Å². The minimum absolute atomic E-state index is 0.945. The van der Waals surface area contributed by atoms with Crippen LogP contribution in [0.15, 0.2) is 0 Å². The number of rotatable bonds is 2. The van der Waals surface area contributed by atoms with Gasteiger partial charge < -0.3 is 5.73 Å². The second-order valence-electron chi connectivity index (χ2n) is 5.59.